The van der Waals surface area contributed by atoms with Gasteiger partial charge in [-0.15, -0.1) is 6.42 Å². The van der Waals surface area contributed by atoms with Crippen LogP contribution in [0.4, 0.5) is 0 Å². The Kier molecular flexibility index (Phi) is 3.54. The van der Waals surface area contributed by atoms with Crippen molar-refractivity contribution in [3.8, 4) is 12.3 Å². The second kappa shape index (κ2) is 5.01. The van der Waals surface area contributed by atoms with Crippen LogP contribution in [0.15, 0.2) is 0 Å². The molecule has 4 aliphatic rings. The van der Waals surface area contributed by atoms with Crippen molar-refractivity contribution >= 4 is 0 Å². The van der Waals surface area contributed by atoms with Crippen molar-refractivity contribution in [2.24, 2.45) is 34.5 Å². The van der Waals surface area contributed by atoms with Gasteiger partial charge in [0, 0.05) is 0 Å². The fourth-order valence-electron chi connectivity index (χ4n) is 7.62. The first-order valence-electron chi connectivity index (χ1n) is 10.1. The van der Waals surface area contributed by atoms with Gasteiger partial charge in [0.1, 0.15) is 5.60 Å². The zero-order valence-corrected chi connectivity index (χ0v) is 15.6. The normalized spacial score (nSPS) is 59.8. The van der Waals surface area contributed by atoms with Gasteiger partial charge in [-0.2, -0.15) is 0 Å². The summed E-state index contributed by atoms with van der Waals surface area (Å²) in [6.07, 6.45) is 15.3. The topological polar surface area (TPSA) is 40.5 Å². The Labute approximate surface area is 147 Å². The minimum Gasteiger partial charge on any atom is -0.390 e. The van der Waals surface area contributed by atoms with Gasteiger partial charge in [0.05, 0.1) is 5.60 Å². The Balaban J connectivity index is 1.62. The van der Waals surface area contributed by atoms with Crippen LogP contribution in [-0.4, -0.2) is 21.4 Å². The highest BCUT2D eigenvalue weighted by Gasteiger charge is 2.63. The highest BCUT2D eigenvalue weighted by Crippen LogP contribution is 2.68. The van der Waals surface area contributed by atoms with Gasteiger partial charge >= 0.3 is 0 Å². The van der Waals surface area contributed by atoms with E-state index in [4.69, 9.17) is 6.42 Å². The van der Waals surface area contributed by atoms with Gasteiger partial charge in [-0.25, -0.2) is 0 Å². The highest BCUT2D eigenvalue weighted by molar-refractivity contribution is 5.17. The summed E-state index contributed by atoms with van der Waals surface area (Å²) in [7, 11) is 0. The molecule has 8 atom stereocenters. The Morgan fingerprint density at radius 3 is 2.29 bits per heavy atom. The van der Waals surface area contributed by atoms with Crippen LogP contribution in [0, 0.1) is 46.8 Å². The quantitative estimate of drug-likeness (QED) is 0.655. The number of fused-ring (bicyclic) bond motifs is 5. The van der Waals surface area contributed by atoms with Gasteiger partial charge in [0.2, 0.25) is 0 Å². The first-order valence-corrected chi connectivity index (χ1v) is 10.1. The molecule has 0 amide bonds. The van der Waals surface area contributed by atoms with E-state index in [9.17, 15) is 10.2 Å². The van der Waals surface area contributed by atoms with E-state index in [1.165, 1.54) is 25.7 Å². The second-order valence-corrected chi connectivity index (χ2v) is 10.3. The zero-order valence-electron chi connectivity index (χ0n) is 15.6. The number of terminal acetylenes is 1. The summed E-state index contributed by atoms with van der Waals surface area (Å²) in [5, 5.41) is 21.6. The molecule has 0 aromatic heterocycles. The van der Waals surface area contributed by atoms with E-state index in [2.05, 4.69) is 26.7 Å². The molecule has 4 aliphatic carbocycles. The van der Waals surface area contributed by atoms with Crippen molar-refractivity contribution in [3.63, 3.8) is 0 Å². The average molecular weight is 331 g/mol. The Morgan fingerprint density at radius 1 is 0.875 bits per heavy atom. The van der Waals surface area contributed by atoms with Crippen molar-refractivity contribution in [2.75, 3.05) is 0 Å². The second-order valence-electron chi connectivity index (χ2n) is 10.3. The van der Waals surface area contributed by atoms with E-state index < -0.39 is 11.2 Å². The molecule has 2 heteroatoms. The molecular weight excluding hydrogens is 296 g/mol. The molecule has 0 saturated heterocycles. The smallest absolute Gasteiger partial charge is 0.125 e. The molecule has 134 valence electrons. The van der Waals surface area contributed by atoms with Crippen molar-refractivity contribution in [1.82, 2.24) is 0 Å². The summed E-state index contributed by atoms with van der Waals surface area (Å²) in [4.78, 5) is 0. The third-order valence-corrected chi connectivity index (χ3v) is 9.56. The standard InChI is InChI=1S/C22H34O2/c1-5-22(24)13-12-19(2)15(14-22)6-7-16-17(19)8-10-20(3)18(16)9-11-21(20,4)23/h1,15-18,23-24H,6-14H2,2-4H3. The van der Waals surface area contributed by atoms with E-state index in [1.54, 1.807) is 0 Å². The molecule has 0 aromatic carbocycles. The fraction of sp³-hybridized carbons (Fsp3) is 0.909. The minimum atomic E-state index is -0.864. The number of hydrogen-bond donors (Lipinski definition) is 2. The maximum atomic E-state index is 11.0. The molecule has 0 heterocycles. The molecule has 24 heavy (non-hydrogen) atoms. The summed E-state index contributed by atoms with van der Waals surface area (Å²) < 4.78 is 0. The predicted molar refractivity (Wildman–Crippen MR) is 96.1 cm³/mol. The molecule has 0 radical (unpaired) electrons. The van der Waals surface area contributed by atoms with Gasteiger partial charge in [-0.3, -0.25) is 0 Å². The van der Waals surface area contributed by atoms with Crippen molar-refractivity contribution < 1.29 is 10.2 Å². The lowest BCUT2D eigenvalue weighted by molar-refractivity contribution is -0.159. The van der Waals surface area contributed by atoms with Crippen molar-refractivity contribution in [1.29, 1.82) is 0 Å². The third-order valence-electron chi connectivity index (χ3n) is 9.56. The molecule has 8 unspecified atom stereocenters. The van der Waals surface area contributed by atoms with Crippen LogP contribution in [0.5, 0.6) is 0 Å². The molecule has 0 aromatic rings. The lowest BCUT2D eigenvalue weighted by atomic mass is 9.43. The molecular formula is C22H34O2. The molecule has 4 rings (SSSR count). The van der Waals surface area contributed by atoms with Crippen LogP contribution >= 0.6 is 0 Å². The van der Waals surface area contributed by atoms with Gasteiger partial charge in [0.15, 0.2) is 0 Å². The van der Waals surface area contributed by atoms with E-state index in [0.717, 1.165) is 43.9 Å². The molecule has 4 saturated carbocycles. The lowest BCUT2D eigenvalue weighted by Crippen LogP contribution is -2.57. The largest absolute Gasteiger partial charge is 0.390 e. The van der Waals surface area contributed by atoms with Crippen molar-refractivity contribution in [3.05, 3.63) is 0 Å². The Bertz CT molecular complexity index is 575. The maximum Gasteiger partial charge on any atom is 0.125 e. The molecule has 2 nitrogen and oxygen atoms in total. The summed E-state index contributed by atoms with van der Waals surface area (Å²) in [6.45, 7) is 6.92. The van der Waals surface area contributed by atoms with Crippen LogP contribution in [0.2, 0.25) is 0 Å². The molecule has 2 N–H and O–H groups in total. The third kappa shape index (κ3) is 2.04. The summed E-state index contributed by atoms with van der Waals surface area (Å²) in [5.41, 5.74) is -0.915. The van der Waals surface area contributed by atoms with Gasteiger partial charge < -0.3 is 10.2 Å². The van der Waals surface area contributed by atoms with E-state index in [-0.39, 0.29) is 5.41 Å². The summed E-state index contributed by atoms with van der Waals surface area (Å²) in [6, 6.07) is 0. The molecule has 0 spiro atoms. The number of aliphatic hydroxyl groups is 2. The van der Waals surface area contributed by atoms with E-state index in [1.807, 2.05) is 0 Å². The molecule has 4 fully saturated rings. The number of rotatable bonds is 0. The van der Waals surface area contributed by atoms with Crippen LogP contribution < -0.4 is 0 Å². The fourth-order valence-corrected chi connectivity index (χ4v) is 7.62. The first-order chi connectivity index (χ1) is 11.2. The lowest BCUT2D eigenvalue weighted by Gasteiger charge is -2.62. The van der Waals surface area contributed by atoms with Crippen LogP contribution in [-0.2, 0) is 0 Å². The van der Waals surface area contributed by atoms with Crippen LogP contribution in [0.1, 0.15) is 78.6 Å². The van der Waals surface area contributed by atoms with Gasteiger partial charge in [0.25, 0.3) is 0 Å². The van der Waals surface area contributed by atoms with Crippen LogP contribution in [0.3, 0.4) is 0 Å². The van der Waals surface area contributed by atoms with Gasteiger partial charge in [-0.1, -0.05) is 19.8 Å². The monoisotopic (exact) mass is 330 g/mol. The van der Waals surface area contributed by atoms with Gasteiger partial charge in [-0.05, 0) is 99.2 Å². The number of hydrogen-bond acceptors (Lipinski definition) is 2. The van der Waals surface area contributed by atoms with Crippen molar-refractivity contribution in [2.45, 2.75) is 89.8 Å². The first kappa shape index (κ1) is 16.9. The maximum absolute atomic E-state index is 11.0. The summed E-state index contributed by atoms with van der Waals surface area (Å²) in [5.74, 6) is 5.44. The Hall–Kier alpha value is -0.520. The minimum absolute atomic E-state index is 0.103. The van der Waals surface area contributed by atoms with E-state index >= 15 is 0 Å². The Morgan fingerprint density at radius 2 is 1.58 bits per heavy atom. The van der Waals surface area contributed by atoms with E-state index in [0.29, 0.717) is 17.3 Å². The van der Waals surface area contributed by atoms with Crippen LogP contribution in [0.25, 0.3) is 0 Å². The highest BCUT2D eigenvalue weighted by atomic mass is 16.3. The predicted octanol–water partition coefficient (Wildman–Crippen LogP) is 4.14. The summed E-state index contributed by atoms with van der Waals surface area (Å²) >= 11 is 0. The average Bonchev–Trinajstić information content (AvgIpc) is 2.78. The zero-order chi connectivity index (χ0) is 17.4. The molecule has 0 aliphatic heterocycles. The molecule has 0 bridgehead atoms. The SMILES string of the molecule is C#CC1(O)CCC2(C)C(CCC3C2CCC2(C)C3CCC2(C)O)C1.